The van der Waals surface area contributed by atoms with Crippen LogP contribution in [0.15, 0.2) is 18.2 Å². The monoisotopic (exact) mass is 377 g/mol. The van der Waals surface area contributed by atoms with Crippen molar-refractivity contribution < 1.29 is 28.0 Å². The molecule has 1 atom stereocenters. The first-order chi connectivity index (χ1) is 12.5. The highest BCUT2D eigenvalue weighted by Crippen LogP contribution is 2.37. The molecule has 0 aromatic heterocycles. The van der Waals surface area contributed by atoms with Gasteiger partial charge < -0.3 is 18.8 Å². The lowest BCUT2D eigenvalue weighted by molar-refractivity contribution is -0.117. The van der Waals surface area contributed by atoms with Crippen molar-refractivity contribution in [3.8, 4) is 0 Å². The van der Waals surface area contributed by atoms with E-state index >= 15 is 0 Å². The second kappa shape index (κ2) is 6.91. The summed E-state index contributed by atoms with van der Waals surface area (Å²) < 4.78 is 31.8. The van der Waals surface area contributed by atoms with Crippen molar-refractivity contribution in [2.75, 3.05) is 11.4 Å². The first kappa shape index (κ1) is 19.8. The molecule has 0 N–H and O–H groups in total. The standard InChI is InChI=1S/C19H25BFNO5/c1-12(23)6-8-14-11-22(17(24)25-14)13-7-9-15(16(21)10-13)20-26-18(2,3)19(4,5)27-20/h7,9-10,14H,6,8,11H2,1-5H3/t14-/m0/s1. The molecule has 2 aliphatic heterocycles. The Hall–Kier alpha value is -1.93. The van der Waals surface area contributed by atoms with E-state index < -0.39 is 30.2 Å². The molecule has 2 aliphatic rings. The summed E-state index contributed by atoms with van der Waals surface area (Å²) in [6.45, 7) is 9.41. The van der Waals surface area contributed by atoms with Gasteiger partial charge in [0.25, 0.3) is 0 Å². The zero-order valence-electron chi connectivity index (χ0n) is 16.4. The van der Waals surface area contributed by atoms with E-state index in [0.717, 1.165) is 0 Å². The Labute approximate surface area is 159 Å². The molecule has 2 heterocycles. The molecular formula is C19H25BFNO5. The maximum atomic E-state index is 14.8. The number of hydrogen-bond donors (Lipinski definition) is 0. The summed E-state index contributed by atoms with van der Waals surface area (Å²) in [6.07, 6.45) is -0.0915. The van der Waals surface area contributed by atoms with Crippen molar-refractivity contribution in [2.45, 2.75) is 64.8 Å². The Morgan fingerprint density at radius 2 is 1.89 bits per heavy atom. The van der Waals surface area contributed by atoms with Crippen LogP contribution in [-0.2, 0) is 18.8 Å². The quantitative estimate of drug-likeness (QED) is 0.739. The van der Waals surface area contributed by atoms with Crippen LogP contribution in [0.25, 0.3) is 0 Å². The van der Waals surface area contributed by atoms with Crippen LogP contribution in [0.1, 0.15) is 47.5 Å². The van der Waals surface area contributed by atoms with Crippen molar-refractivity contribution in [3.05, 3.63) is 24.0 Å². The molecule has 8 heteroatoms. The number of carbonyl (C=O) groups is 2. The number of Topliss-reactive ketones (excluding diaryl/α,β-unsaturated/α-hetero) is 1. The van der Waals surface area contributed by atoms with E-state index in [-0.39, 0.29) is 17.4 Å². The number of nitrogens with zero attached hydrogens (tertiary/aromatic N) is 1. The minimum Gasteiger partial charge on any atom is -0.444 e. The van der Waals surface area contributed by atoms with Crippen molar-refractivity contribution >= 4 is 30.1 Å². The smallest absolute Gasteiger partial charge is 0.444 e. The van der Waals surface area contributed by atoms with Crippen molar-refractivity contribution in [3.63, 3.8) is 0 Å². The fraction of sp³-hybridized carbons (Fsp3) is 0.579. The van der Waals surface area contributed by atoms with Crippen molar-refractivity contribution in [2.24, 2.45) is 0 Å². The number of rotatable bonds is 5. The van der Waals surface area contributed by atoms with E-state index in [2.05, 4.69) is 0 Å². The molecule has 0 aliphatic carbocycles. The molecule has 3 rings (SSSR count). The Morgan fingerprint density at radius 1 is 1.26 bits per heavy atom. The molecule has 0 bridgehead atoms. The summed E-state index contributed by atoms with van der Waals surface area (Å²) in [5.41, 5.74) is -0.432. The van der Waals surface area contributed by atoms with Gasteiger partial charge in [-0.2, -0.15) is 0 Å². The lowest BCUT2D eigenvalue weighted by atomic mass is 9.78. The number of cyclic esters (lactones) is 1. The number of ketones is 1. The minimum atomic E-state index is -0.808. The average Bonchev–Trinajstić information content (AvgIpc) is 3.01. The molecule has 0 unspecified atom stereocenters. The van der Waals surface area contributed by atoms with E-state index in [1.807, 2.05) is 27.7 Å². The zero-order valence-corrected chi connectivity index (χ0v) is 16.4. The number of anilines is 1. The van der Waals surface area contributed by atoms with Crippen LogP contribution < -0.4 is 10.4 Å². The first-order valence-electron chi connectivity index (χ1n) is 9.13. The summed E-state index contributed by atoms with van der Waals surface area (Å²) in [4.78, 5) is 24.6. The van der Waals surface area contributed by atoms with Crippen LogP contribution >= 0.6 is 0 Å². The Bertz CT molecular complexity index is 750. The van der Waals surface area contributed by atoms with E-state index in [1.54, 1.807) is 12.1 Å². The van der Waals surface area contributed by atoms with Crippen molar-refractivity contribution in [1.82, 2.24) is 0 Å². The first-order valence-corrected chi connectivity index (χ1v) is 9.13. The largest absolute Gasteiger partial charge is 0.497 e. The number of ether oxygens (including phenoxy) is 1. The summed E-state index contributed by atoms with van der Waals surface area (Å²) >= 11 is 0. The molecular weight excluding hydrogens is 352 g/mol. The Kier molecular flexibility index (Phi) is 5.07. The van der Waals surface area contributed by atoms with E-state index in [1.165, 1.54) is 17.9 Å². The lowest BCUT2D eigenvalue weighted by Crippen LogP contribution is -2.41. The van der Waals surface area contributed by atoms with E-state index in [4.69, 9.17) is 14.0 Å². The highest BCUT2D eigenvalue weighted by Gasteiger charge is 2.52. The Morgan fingerprint density at radius 3 is 2.44 bits per heavy atom. The fourth-order valence-corrected chi connectivity index (χ4v) is 3.09. The second-order valence-corrected chi connectivity index (χ2v) is 8.15. The molecule has 1 aromatic rings. The van der Waals surface area contributed by atoms with Gasteiger partial charge in [-0.15, -0.1) is 0 Å². The highest BCUT2D eigenvalue weighted by molar-refractivity contribution is 6.62. The van der Waals surface area contributed by atoms with Gasteiger partial charge in [0, 0.05) is 11.9 Å². The van der Waals surface area contributed by atoms with Gasteiger partial charge in [0.2, 0.25) is 0 Å². The summed E-state index contributed by atoms with van der Waals surface area (Å²) in [5, 5.41) is 0. The molecule has 0 saturated carbocycles. The average molecular weight is 377 g/mol. The van der Waals surface area contributed by atoms with E-state index in [0.29, 0.717) is 25.1 Å². The van der Waals surface area contributed by atoms with Gasteiger partial charge in [-0.25, -0.2) is 9.18 Å². The van der Waals surface area contributed by atoms with Gasteiger partial charge >= 0.3 is 13.2 Å². The summed E-state index contributed by atoms with van der Waals surface area (Å²) in [5.74, 6) is -0.465. The second-order valence-electron chi connectivity index (χ2n) is 8.15. The van der Waals surface area contributed by atoms with E-state index in [9.17, 15) is 14.0 Å². The van der Waals surface area contributed by atoms with Gasteiger partial charge in [0.15, 0.2) is 0 Å². The Balaban J connectivity index is 1.74. The SMILES string of the molecule is CC(=O)CC[C@H]1CN(c2ccc(B3OC(C)(C)C(C)(C)O3)c(F)c2)C(=O)O1. The maximum Gasteiger partial charge on any atom is 0.497 e. The molecule has 2 fully saturated rings. The van der Waals surface area contributed by atoms with Crippen LogP contribution in [-0.4, -0.2) is 42.8 Å². The van der Waals surface area contributed by atoms with Crippen molar-refractivity contribution in [1.29, 1.82) is 0 Å². The number of halogens is 1. The highest BCUT2D eigenvalue weighted by atomic mass is 19.1. The molecule has 1 aromatic carbocycles. The molecule has 6 nitrogen and oxygen atoms in total. The lowest BCUT2D eigenvalue weighted by Gasteiger charge is -2.32. The number of amides is 1. The molecule has 2 saturated heterocycles. The van der Waals surface area contributed by atoms with Gasteiger partial charge in [-0.1, -0.05) is 6.07 Å². The molecule has 0 spiro atoms. The van der Waals surface area contributed by atoms with Gasteiger partial charge in [0.05, 0.1) is 23.4 Å². The van der Waals surface area contributed by atoms with Crippen LogP contribution in [0.4, 0.5) is 14.9 Å². The third kappa shape index (κ3) is 3.87. The molecule has 27 heavy (non-hydrogen) atoms. The summed E-state index contributed by atoms with van der Waals surface area (Å²) in [7, 11) is -0.808. The predicted molar refractivity (Wildman–Crippen MR) is 99.6 cm³/mol. The van der Waals surface area contributed by atoms with Crippen LogP contribution in [0.3, 0.4) is 0 Å². The third-order valence-electron chi connectivity index (χ3n) is 5.50. The molecule has 146 valence electrons. The van der Waals surface area contributed by atoms with Gasteiger partial charge in [-0.05, 0) is 53.2 Å². The topological polar surface area (TPSA) is 65.1 Å². The molecule has 1 amide bonds. The minimum absolute atomic E-state index is 0.0438. The van der Waals surface area contributed by atoms with Gasteiger partial charge in [0.1, 0.15) is 17.7 Å². The van der Waals surface area contributed by atoms with Crippen LogP contribution in [0, 0.1) is 5.82 Å². The normalized spacial score (nSPS) is 23.6. The van der Waals surface area contributed by atoms with Crippen LogP contribution in [0.2, 0.25) is 0 Å². The maximum absolute atomic E-state index is 14.8. The number of benzene rings is 1. The third-order valence-corrected chi connectivity index (χ3v) is 5.50. The summed E-state index contributed by atoms with van der Waals surface area (Å²) in [6, 6.07) is 4.51. The predicted octanol–water partition coefficient (Wildman–Crippen LogP) is 2.82. The number of hydrogen-bond acceptors (Lipinski definition) is 5. The molecule has 0 radical (unpaired) electrons. The van der Waals surface area contributed by atoms with Crippen LogP contribution in [0.5, 0.6) is 0 Å². The van der Waals surface area contributed by atoms with Gasteiger partial charge in [-0.3, -0.25) is 4.90 Å². The zero-order chi connectivity index (χ0) is 20.0. The fourth-order valence-electron chi connectivity index (χ4n) is 3.09. The number of carbonyl (C=O) groups excluding carboxylic acids is 2.